The molecule has 2 aliphatic rings. The van der Waals surface area contributed by atoms with Crippen LogP contribution in [0.25, 0.3) is 0 Å². The highest BCUT2D eigenvalue weighted by atomic mass is 19.1. The van der Waals surface area contributed by atoms with Crippen LogP contribution in [0.4, 0.5) is 4.39 Å². The van der Waals surface area contributed by atoms with Crippen molar-refractivity contribution < 1.29 is 13.9 Å². The molecule has 1 aromatic rings. The summed E-state index contributed by atoms with van der Waals surface area (Å²) >= 11 is 0. The zero-order chi connectivity index (χ0) is 15.4. The minimum absolute atomic E-state index is 0.105. The zero-order valence-corrected chi connectivity index (χ0v) is 12.8. The fraction of sp³-hybridized carbons (Fsp3) is 0.588. The van der Waals surface area contributed by atoms with Crippen molar-refractivity contribution in [3.8, 4) is 5.75 Å². The van der Waals surface area contributed by atoms with Crippen LogP contribution in [0.2, 0.25) is 0 Å². The molecule has 120 valence electrons. The third-order valence-corrected chi connectivity index (χ3v) is 4.42. The molecule has 0 saturated carbocycles. The van der Waals surface area contributed by atoms with Gasteiger partial charge in [-0.1, -0.05) is 12.8 Å². The molecule has 1 unspecified atom stereocenters. The molecule has 1 saturated heterocycles. The first-order chi connectivity index (χ1) is 10.7. The predicted molar refractivity (Wildman–Crippen MR) is 82.4 cm³/mol. The Kier molecular flexibility index (Phi) is 4.93. The van der Waals surface area contributed by atoms with Gasteiger partial charge in [0.1, 0.15) is 11.6 Å². The highest BCUT2D eigenvalue weighted by molar-refractivity contribution is 5.82. The molecule has 5 heteroatoms. The second-order valence-corrected chi connectivity index (χ2v) is 6.11. The average molecular weight is 306 g/mol. The van der Waals surface area contributed by atoms with Gasteiger partial charge in [0, 0.05) is 25.1 Å². The van der Waals surface area contributed by atoms with Crippen molar-refractivity contribution in [2.75, 3.05) is 26.2 Å². The number of amides is 1. The number of nitrogens with zero attached hydrogens (tertiary/aromatic N) is 1. The molecule has 4 nitrogen and oxygen atoms in total. The van der Waals surface area contributed by atoms with Gasteiger partial charge in [0.05, 0.1) is 0 Å². The molecular weight excluding hydrogens is 283 g/mol. The lowest BCUT2D eigenvalue weighted by Gasteiger charge is -2.20. The second kappa shape index (κ2) is 7.09. The van der Waals surface area contributed by atoms with E-state index in [-0.39, 0.29) is 11.7 Å². The number of ether oxygens (including phenoxy) is 1. The standard InChI is InChI=1S/C17H23FN2O2/c18-14-5-6-15-13(11-14)12-16(22-15)17(21)19-7-10-20-8-3-1-2-4-9-20/h5-6,11,16H,1-4,7-10,12H2,(H,19,21). The number of fused-ring (bicyclic) bond motifs is 1. The van der Waals surface area contributed by atoms with E-state index < -0.39 is 6.10 Å². The number of rotatable bonds is 4. The van der Waals surface area contributed by atoms with Gasteiger partial charge in [-0.25, -0.2) is 4.39 Å². The van der Waals surface area contributed by atoms with E-state index in [1.54, 1.807) is 6.07 Å². The van der Waals surface area contributed by atoms with Gasteiger partial charge < -0.3 is 15.0 Å². The number of hydrogen-bond donors (Lipinski definition) is 1. The fourth-order valence-electron chi connectivity index (χ4n) is 3.17. The summed E-state index contributed by atoms with van der Waals surface area (Å²) in [5, 5.41) is 2.94. The number of carbonyl (C=O) groups is 1. The van der Waals surface area contributed by atoms with Crippen molar-refractivity contribution in [2.24, 2.45) is 0 Å². The smallest absolute Gasteiger partial charge is 0.261 e. The third kappa shape index (κ3) is 3.77. The normalized spacial score (nSPS) is 21.8. The van der Waals surface area contributed by atoms with Gasteiger partial charge in [-0.2, -0.15) is 0 Å². The first kappa shape index (κ1) is 15.3. The van der Waals surface area contributed by atoms with Gasteiger partial charge in [-0.05, 0) is 44.1 Å². The molecule has 1 amide bonds. The summed E-state index contributed by atoms with van der Waals surface area (Å²) in [4.78, 5) is 14.6. The average Bonchev–Trinajstić information content (AvgIpc) is 2.75. The lowest BCUT2D eigenvalue weighted by molar-refractivity contribution is -0.127. The number of hydrogen-bond acceptors (Lipinski definition) is 3. The van der Waals surface area contributed by atoms with Crippen molar-refractivity contribution in [1.82, 2.24) is 10.2 Å². The van der Waals surface area contributed by atoms with E-state index in [9.17, 15) is 9.18 Å². The van der Waals surface area contributed by atoms with E-state index in [1.165, 1.54) is 37.8 Å². The number of likely N-dealkylation sites (tertiary alicyclic amines) is 1. The maximum absolute atomic E-state index is 13.2. The molecule has 2 heterocycles. The van der Waals surface area contributed by atoms with Crippen LogP contribution in [0, 0.1) is 5.82 Å². The SMILES string of the molecule is O=C(NCCN1CCCCCC1)C1Cc2cc(F)ccc2O1. The molecule has 0 aromatic heterocycles. The third-order valence-electron chi connectivity index (χ3n) is 4.42. The largest absolute Gasteiger partial charge is 0.480 e. The van der Waals surface area contributed by atoms with Gasteiger partial charge in [-0.3, -0.25) is 4.79 Å². The van der Waals surface area contributed by atoms with E-state index >= 15 is 0 Å². The maximum atomic E-state index is 13.2. The highest BCUT2D eigenvalue weighted by Crippen LogP contribution is 2.29. The summed E-state index contributed by atoms with van der Waals surface area (Å²) in [5.41, 5.74) is 0.771. The fourth-order valence-corrected chi connectivity index (χ4v) is 3.17. The van der Waals surface area contributed by atoms with Crippen molar-refractivity contribution in [2.45, 2.75) is 38.2 Å². The molecule has 1 atom stereocenters. The lowest BCUT2D eigenvalue weighted by atomic mass is 10.1. The van der Waals surface area contributed by atoms with Crippen molar-refractivity contribution in [3.63, 3.8) is 0 Å². The molecular formula is C17H23FN2O2. The van der Waals surface area contributed by atoms with E-state index in [0.29, 0.717) is 18.7 Å². The molecule has 0 spiro atoms. The van der Waals surface area contributed by atoms with Crippen molar-refractivity contribution in [1.29, 1.82) is 0 Å². The van der Waals surface area contributed by atoms with Crippen molar-refractivity contribution >= 4 is 5.91 Å². The number of halogens is 1. The molecule has 0 bridgehead atoms. The lowest BCUT2D eigenvalue weighted by Crippen LogP contribution is -2.41. The van der Waals surface area contributed by atoms with Crippen LogP contribution in [0.5, 0.6) is 5.75 Å². The zero-order valence-electron chi connectivity index (χ0n) is 12.8. The minimum Gasteiger partial charge on any atom is -0.480 e. The van der Waals surface area contributed by atoms with Crippen LogP contribution >= 0.6 is 0 Å². The number of nitrogens with one attached hydrogen (secondary N) is 1. The summed E-state index contributed by atoms with van der Waals surface area (Å²) in [6.07, 6.45) is 5.05. The molecule has 1 aromatic carbocycles. The molecule has 3 rings (SSSR count). The number of benzene rings is 1. The summed E-state index contributed by atoms with van der Waals surface area (Å²) in [6, 6.07) is 4.40. The van der Waals surface area contributed by atoms with Gasteiger partial charge in [0.15, 0.2) is 6.10 Å². The minimum atomic E-state index is -0.527. The second-order valence-electron chi connectivity index (χ2n) is 6.11. The van der Waals surface area contributed by atoms with E-state index in [1.807, 2.05) is 0 Å². The van der Waals surface area contributed by atoms with Gasteiger partial charge in [-0.15, -0.1) is 0 Å². The summed E-state index contributed by atoms with van der Waals surface area (Å²) in [5.74, 6) is 0.227. The molecule has 0 aliphatic carbocycles. The molecule has 22 heavy (non-hydrogen) atoms. The summed E-state index contributed by atoms with van der Waals surface area (Å²) < 4.78 is 18.8. The Bertz CT molecular complexity index is 527. The van der Waals surface area contributed by atoms with Crippen LogP contribution in [-0.2, 0) is 11.2 Å². The predicted octanol–water partition coefficient (Wildman–Crippen LogP) is 2.12. The van der Waals surface area contributed by atoms with E-state index in [0.717, 1.165) is 25.2 Å². The quantitative estimate of drug-likeness (QED) is 0.926. The van der Waals surface area contributed by atoms with Crippen LogP contribution in [0.15, 0.2) is 18.2 Å². The molecule has 1 N–H and O–H groups in total. The van der Waals surface area contributed by atoms with Gasteiger partial charge in [0.25, 0.3) is 5.91 Å². The van der Waals surface area contributed by atoms with Crippen LogP contribution in [0.3, 0.4) is 0 Å². The van der Waals surface area contributed by atoms with Crippen LogP contribution in [-0.4, -0.2) is 43.1 Å². The van der Waals surface area contributed by atoms with Gasteiger partial charge in [0.2, 0.25) is 0 Å². The summed E-state index contributed by atoms with van der Waals surface area (Å²) in [7, 11) is 0. The molecule has 0 radical (unpaired) electrons. The van der Waals surface area contributed by atoms with Crippen LogP contribution < -0.4 is 10.1 Å². The Hall–Kier alpha value is -1.62. The Morgan fingerprint density at radius 3 is 2.82 bits per heavy atom. The molecule has 1 fully saturated rings. The first-order valence-corrected chi connectivity index (χ1v) is 8.17. The summed E-state index contributed by atoms with van der Waals surface area (Å²) in [6.45, 7) is 3.78. The monoisotopic (exact) mass is 306 g/mol. The molecule has 2 aliphatic heterocycles. The first-order valence-electron chi connectivity index (χ1n) is 8.17. The highest BCUT2D eigenvalue weighted by Gasteiger charge is 2.29. The number of carbonyl (C=O) groups excluding carboxylic acids is 1. The van der Waals surface area contributed by atoms with Crippen LogP contribution in [0.1, 0.15) is 31.2 Å². The Morgan fingerprint density at radius 1 is 1.27 bits per heavy atom. The Balaban J connectivity index is 1.43. The van der Waals surface area contributed by atoms with Gasteiger partial charge >= 0.3 is 0 Å². The Labute approximate surface area is 130 Å². The van der Waals surface area contributed by atoms with E-state index in [4.69, 9.17) is 4.74 Å². The van der Waals surface area contributed by atoms with Crippen molar-refractivity contribution in [3.05, 3.63) is 29.6 Å². The Morgan fingerprint density at radius 2 is 2.05 bits per heavy atom. The topological polar surface area (TPSA) is 41.6 Å². The van der Waals surface area contributed by atoms with E-state index in [2.05, 4.69) is 10.2 Å². The maximum Gasteiger partial charge on any atom is 0.261 e.